The number of ether oxygens (including phenoxy) is 2. The van der Waals surface area contributed by atoms with Crippen LogP contribution in [0.2, 0.25) is 0 Å². The zero-order valence-corrected chi connectivity index (χ0v) is 27.4. The third-order valence-electron chi connectivity index (χ3n) is 7.76. The van der Waals surface area contributed by atoms with Crippen molar-refractivity contribution < 1.29 is 47.5 Å². The molecular weight excluding hydrogens is 645 g/mol. The fraction of sp³-hybridized carbons (Fsp3) is 0.344. The average Bonchev–Trinajstić information content (AvgIpc) is 3.95. The molecule has 0 saturated heterocycles. The summed E-state index contributed by atoms with van der Waals surface area (Å²) < 4.78 is 27.2. The van der Waals surface area contributed by atoms with E-state index in [2.05, 4.69) is 14.8 Å². The van der Waals surface area contributed by atoms with Gasteiger partial charge in [0.1, 0.15) is 11.6 Å². The van der Waals surface area contributed by atoms with E-state index in [-0.39, 0.29) is 41.6 Å². The molecule has 0 unspecified atom stereocenters. The Balaban J connectivity index is 1.22. The first-order valence-corrected chi connectivity index (χ1v) is 16.6. The van der Waals surface area contributed by atoms with Crippen molar-refractivity contribution in [1.29, 1.82) is 0 Å². The molecule has 2 saturated carbocycles. The molecule has 3 aromatic rings. The number of phosphoric ester groups is 1. The molecule has 1 heterocycles. The van der Waals surface area contributed by atoms with Crippen LogP contribution < -0.4 is 15.6 Å². The Labute approximate surface area is 275 Å². The summed E-state index contributed by atoms with van der Waals surface area (Å²) in [5.74, 6) is -1.48. The number of nitrogens with two attached hydrogens (primary N) is 1. The average molecular weight is 682 g/mol. The lowest BCUT2D eigenvalue weighted by molar-refractivity contribution is -0.151. The maximum absolute atomic E-state index is 13.7. The molecule has 3 amide bonds. The van der Waals surface area contributed by atoms with Gasteiger partial charge in [0.25, 0.3) is 11.8 Å². The lowest BCUT2D eigenvalue weighted by atomic mass is 10.1. The topological polar surface area (TPSA) is 212 Å². The van der Waals surface area contributed by atoms with Crippen LogP contribution in [-0.2, 0) is 32.3 Å². The molecule has 2 aliphatic rings. The summed E-state index contributed by atoms with van der Waals surface area (Å²) in [6.45, 7) is 2.81. The van der Waals surface area contributed by atoms with Gasteiger partial charge in [-0.25, -0.2) is 19.3 Å². The normalized spacial score (nSPS) is 14.6. The number of phosphoric acid groups is 1. The number of esters is 1. The van der Waals surface area contributed by atoms with Gasteiger partial charge in [0.05, 0.1) is 23.4 Å². The van der Waals surface area contributed by atoms with Crippen LogP contribution in [0.4, 0.5) is 10.5 Å². The highest BCUT2D eigenvalue weighted by molar-refractivity contribution is 7.46. The number of hydrogen-bond donors (Lipinski definition) is 4. The van der Waals surface area contributed by atoms with Gasteiger partial charge in [0, 0.05) is 30.9 Å². The summed E-state index contributed by atoms with van der Waals surface area (Å²) in [5, 5.41) is 2.95. The molecule has 5 N–H and O–H groups in total. The van der Waals surface area contributed by atoms with Gasteiger partial charge in [-0.2, -0.15) is 0 Å². The molecular formula is C32H36N5O10P. The number of carbonyl (C=O) groups is 4. The molecule has 5 rings (SSSR count). The zero-order chi connectivity index (χ0) is 34.7. The molecule has 254 valence electrons. The SMILES string of the molecule is Cc1ccc(C(=O)NC2CC2)cc1N=C(N)c1c(C)c(C(=O)N(C(=O)OCOC(=O)Cc2ccc(OP(=O)(O)O)cc2)C2CC2)cn1C. The largest absolute Gasteiger partial charge is 0.524 e. The van der Waals surface area contributed by atoms with Crippen molar-refractivity contribution in [3.8, 4) is 5.75 Å². The molecule has 0 aliphatic heterocycles. The number of rotatable bonds is 12. The molecule has 1 aromatic heterocycles. The Morgan fingerprint density at radius 2 is 1.73 bits per heavy atom. The van der Waals surface area contributed by atoms with Crippen LogP contribution in [0.15, 0.2) is 53.7 Å². The quantitative estimate of drug-likeness (QED) is 0.0714. The monoisotopic (exact) mass is 681 g/mol. The van der Waals surface area contributed by atoms with E-state index in [9.17, 15) is 23.7 Å². The Morgan fingerprint density at radius 1 is 1.04 bits per heavy atom. The molecule has 2 fully saturated rings. The van der Waals surface area contributed by atoms with Gasteiger partial charge < -0.3 is 29.6 Å². The number of amidine groups is 1. The summed E-state index contributed by atoms with van der Waals surface area (Å²) in [7, 11) is -3.01. The van der Waals surface area contributed by atoms with Gasteiger partial charge in [-0.15, -0.1) is 0 Å². The van der Waals surface area contributed by atoms with Gasteiger partial charge in [-0.3, -0.25) is 24.2 Å². The highest BCUT2D eigenvalue weighted by Crippen LogP contribution is 2.37. The van der Waals surface area contributed by atoms with E-state index in [1.807, 2.05) is 6.92 Å². The van der Waals surface area contributed by atoms with Crippen molar-refractivity contribution in [3.63, 3.8) is 0 Å². The van der Waals surface area contributed by atoms with Crippen molar-refractivity contribution >= 4 is 43.2 Å². The van der Waals surface area contributed by atoms with E-state index >= 15 is 0 Å². The second-order valence-electron chi connectivity index (χ2n) is 11.7. The van der Waals surface area contributed by atoms with Crippen LogP contribution in [0.3, 0.4) is 0 Å². The summed E-state index contributed by atoms with van der Waals surface area (Å²) >= 11 is 0. The first-order chi connectivity index (χ1) is 22.7. The second kappa shape index (κ2) is 14.0. The van der Waals surface area contributed by atoms with Crippen LogP contribution in [0, 0.1) is 13.8 Å². The summed E-state index contributed by atoms with van der Waals surface area (Å²) in [4.78, 5) is 74.9. The first-order valence-electron chi connectivity index (χ1n) is 15.1. The minimum absolute atomic E-state index is 0.0790. The van der Waals surface area contributed by atoms with E-state index in [0.717, 1.165) is 23.3 Å². The standard InChI is InChI=1S/C32H36N5O10P/c1-18-4-7-21(30(39)34-22-8-9-22)15-26(18)35-29(33)28-19(2)25(16-36(28)3)31(40)37(23-10-11-23)32(41)46-17-45-27(38)14-20-5-12-24(13-6-20)47-48(42,43)44/h4-7,12-13,15-16,22-23H,8-11,14,17H2,1-3H3,(H2,33,35)(H,34,39)(H2,42,43,44). The number of nitrogens with zero attached hydrogens (tertiary/aromatic N) is 3. The molecule has 0 spiro atoms. The minimum Gasteiger partial charge on any atom is -0.428 e. The lowest BCUT2D eigenvalue weighted by Crippen LogP contribution is -2.39. The summed E-state index contributed by atoms with van der Waals surface area (Å²) in [6, 6.07) is 10.4. The second-order valence-corrected chi connectivity index (χ2v) is 12.9. The minimum atomic E-state index is -4.71. The molecule has 0 radical (unpaired) electrons. The molecule has 48 heavy (non-hydrogen) atoms. The van der Waals surface area contributed by atoms with Crippen LogP contribution in [0.5, 0.6) is 5.75 Å². The number of aliphatic imine (C=N–C) groups is 1. The van der Waals surface area contributed by atoms with Crippen LogP contribution in [0.1, 0.15) is 68.8 Å². The van der Waals surface area contributed by atoms with E-state index in [4.69, 9.17) is 25.0 Å². The van der Waals surface area contributed by atoms with Crippen molar-refractivity contribution in [2.75, 3.05) is 6.79 Å². The Morgan fingerprint density at radius 3 is 2.35 bits per heavy atom. The van der Waals surface area contributed by atoms with Gasteiger partial charge >= 0.3 is 19.9 Å². The predicted molar refractivity (Wildman–Crippen MR) is 172 cm³/mol. The van der Waals surface area contributed by atoms with Gasteiger partial charge in [0.15, 0.2) is 0 Å². The summed E-state index contributed by atoms with van der Waals surface area (Å²) in [6.07, 6.45) is 3.48. The number of carbonyl (C=O) groups excluding carboxylic acids is 4. The van der Waals surface area contributed by atoms with Gasteiger partial charge in [-0.05, 0) is 80.5 Å². The van der Waals surface area contributed by atoms with Crippen LogP contribution >= 0.6 is 7.82 Å². The maximum atomic E-state index is 13.7. The van der Waals surface area contributed by atoms with Crippen molar-refractivity contribution in [3.05, 3.63) is 82.2 Å². The third kappa shape index (κ3) is 8.68. The molecule has 2 aromatic carbocycles. The van der Waals surface area contributed by atoms with Crippen molar-refractivity contribution in [1.82, 2.24) is 14.8 Å². The zero-order valence-electron chi connectivity index (χ0n) is 26.5. The molecule has 0 atom stereocenters. The number of hydrogen-bond acceptors (Lipinski definition) is 9. The highest BCUT2D eigenvalue weighted by Gasteiger charge is 2.40. The summed E-state index contributed by atoms with van der Waals surface area (Å²) in [5.41, 5.74) is 9.85. The fourth-order valence-electron chi connectivity index (χ4n) is 4.98. The number of benzene rings is 2. The Kier molecular flexibility index (Phi) is 10.0. The Hall–Kier alpha value is -4.98. The number of aromatic nitrogens is 1. The molecule has 16 heteroatoms. The molecule has 2 aliphatic carbocycles. The molecule has 15 nitrogen and oxygen atoms in total. The van der Waals surface area contributed by atoms with E-state index in [0.29, 0.717) is 40.9 Å². The maximum Gasteiger partial charge on any atom is 0.524 e. The Bertz CT molecular complexity index is 1820. The van der Waals surface area contributed by atoms with E-state index < -0.39 is 32.6 Å². The number of imide groups is 1. The van der Waals surface area contributed by atoms with E-state index in [1.165, 1.54) is 24.3 Å². The van der Waals surface area contributed by atoms with Gasteiger partial charge in [0.2, 0.25) is 6.79 Å². The predicted octanol–water partition coefficient (Wildman–Crippen LogP) is 3.53. The van der Waals surface area contributed by atoms with Crippen molar-refractivity contribution in [2.45, 2.75) is 58.0 Å². The third-order valence-corrected chi connectivity index (χ3v) is 8.21. The number of aryl methyl sites for hydroxylation is 2. The first kappa shape index (κ1) is 34.4. The number of nitrogens with one attached hydrogen (secondary N) is 1. The highest BCUT2D eigenvalue weighted by atomic mass is 31.2. The number of amides is 3. The van der Waals surface area contributed by atoms with Crippen LogP contribution in [-0.4, -0.2) is 67.8 Å². The van der Waals surface area contributed by atoms with Gasteiger partial charge in [-0.1, -0.05) is 18.2 Å². The fourth-order valence-corrected chi connectivity index (χ4v) is 5.38. The smallest absolute Gasteiger partial charge is 0.428 e. The lowest BCUT2D eigenvalue weighted by Gasteiger charge is -2.20. The van der Waals surface area contributed by atoms with E-state index in [1.54, 1.807) is 42.9 Å². The molecule has 0 bridgehead atoms. The van der Waals surface area contributed by atoms with Crippen LogP contribution in [0.25, 0.3) is 0 Å². The van der Waals surface area contributed by atoms with Crippen molar-refractivity contribution in [2.24, 2.45) is 17.8 Å².